The van der Waals surface area contributed by atoms with E-state index in [9.17, 15) is 0 Å². The van der Waals surface area contributed by atoms with Crippen LogP contribution in [-0.2, 0) is 6.42 Å². The first kappa shape index (κ1) is 10.2. The maximum atomic E-state index is 5.32. The number of piperidine rings is 1. The largest absolute Gasteiger partial charge is 0.497 e. The molecule has 16 heavy (non-hydrogen) atoms. The lowest BCUT2D eigenvalue weighted by Crippen LogP contribution is -2.38. The van der Waals surface area contributed by atoms with Crippen molar-refractivity contribution in [2.45, 2.75) is 25.3 Å². The molecule has 3 rings (SSSR count). The molecule has 0 spiro atoms. The van der Waals surface area contributed by atoms with E-state index in [2.05, 4.69) is 30.1 Å². The van der Waals surface area contributed by atoms with Crippen molar-refractivity contribution in [3.05, 3.63) is 29.3 Å². The third-order valence-electron chi connectivity index (χ3n) is 4.20. The Morgan fingerprint density at radius 3 is 3.06 bits per heavy atom. The van der Waals surface area contributed by atoms with Crippen LogP contribution in [0.1, 0.15) is 30.0 Å². The molecular weight excluding hydrogens is 198 g/mol. The third-order valence-corrected chi connectivity index (χ3v) is 4.20. The Balaban J connectivity index is 2.02. The molecule has 0 amide bonds. The lowest BCUT2D eigenvalue weighted by Gasteiger charge is -2.42. The van der Waals surface area contributed by atoms with Crippen molar-refractivity contribution in [2.75, 3.05) is 20.7 Å². The van der Waals surface area contributed by atoms with Crippen LogP contribution in [0.15, 0.2) is 18.2 Å². The Kier molecular flexibility index (Phi) is 2.40. The number of likely N-dealkylation sites (tertiary alicyclic amines) is 1. The summed E-state index contributed by atoms with van der Waals surface area (Å²) in [6.45, 7) is 1.25. The van der Waals surface area contributed by atoms with Crippen molar-refractivity contribution in [1.29, 1.82) is 0 Å². The summed E-state index contributed by atoms with van der Waals surface area (Å²) in [6.07, 6.45) is 3.94. The minimum absolute atomic E-state index is 0.647. The average molecular weight is 217 g/mol. The van der Waals surface area contributed by atoms with E-state index in [0.29, 0.717) is 6.04 Å². The number of methoxy groups -OCH3 is 1. The maximum absolute atomic E-state index is 5.32. The van der Waals surface area contributed by atoms with E-state index in [1.165, 1.54) is 36.9 Å². The Morgan fingerprint density at radius 2 is 2.25 bits per heavy atom. The summed E-state index contributed by atoms with van der Waals surface area (Å²) >= 11 is 0. The van der Waals surface area contributed by atoms with Gasteiger partial charge in [-0.15, -0.1) is 0 Å². The van der Waals surface area contributed by atoms with E-state index >= 15 is 0 Å². The molecular formula is C14H19NO. The van der Waals surface area contributed by atoms with E-state index < -0.39 is 0 Å². The molecule has 1 aliphatic carbocycles. The second-order valence-electron chi connectivity index (χ2n) is 5.16. The van der Waals surface area contributed by atoms with Gasteiger partial charge in [0.15, 0.2) is 0 Å². The van der Waals surface area contributed by atoms with Gasteiger partial charge in [-0.3, -0.25) is 4.90 Å². The fourth-order valence-corrected chi connectivity index (χ4v) is 3.23. The number of hydrogen-bond acceptors (Lipinski definition) is 2. The smallest absolute Gasteiger partial charge is 0.119 e. The first-order valence-electron chi connectivity index (χ1n) is 6.15. The number of rotatable bonds is 1. The molecule has 1 fully saturated rings. The molecule has 1 saturated heterocycles. The van der Waals surface area contributed by atoms with E-state index in [1.54, 1.807) is 7.11 Å². The molecule has 2 unspecified atom stereocenters. The maximum Gasteiger partial charge on any atom is 0.119 e. The van der Waals surface area contributed by atoms with Crippen molar-refractivity contribution in [3.63, 3.8) is 0 Å². The van der Waals surface area contributed by atoms with Crippen LogP contribution in [0.3, 0.4) is 0 Å². The quantitative estimate of drug-likeness (QED) is 0.717. The molecule has 0 N–H and O–H groups in total. The molecule has 1 aromatic carbocycles. The van der Waals surface area contributed by atoms with Crippen molar-refractivity contribution in [1.82, 2.24) is 4.90 Å². The van der Waals surface area contributed by atoms with E-state index in [4.69, 9.17) is 4.74 Å². The number of hydrogen-bond donors (Lipinski definition) is 0. The molecule has 2 heteroatoms. The third kappa shape index (κ3) is 1.52. The minimum atomic E-state index is 0.647. The molecule has 2 atom stereocenters. The monoisotopic (exact) mass is 217 g/mol. The van der Waals surface area contributed by atoms with Gasteiger partial charge in [0.1, 0.15) is 5.75 Å². The van der Waals surface area contributed by atoms with Gasteiger partial charge in [-0.25, -0.2) is 0 Å². The van der Waals surface area contributed by atoms with Crippen molar-refractivity contribution >= 4 is 0 Å². The predicted molar refractivity (Wildman–Crippen MR) is 64.8 cm³/mol. The van der Waals surface area contributed by atoms with Crippen LogP contribution >= 0.6 is 0 Å². The molecule has 0 radical (unpaired) electrons. The zero-order valence-corrected chi connectivity index (χ0v) is 10.1. The first-order valence-corrected chi connectivity index (χ1v) is 6.15. The zero-order chi connectivity index (χ0) is 11.1. The van der Waals surface area contributed by atoms with Crippen LogP contribution in [0.25, 0.3) is 0 Å². The highest BCUT2D eigenvalue weighted by Crippen LogP contribution is 2.42. The van der Waals surface area contributed by atoms with E-state index in [1.807, 2.05) is 0 Å². The highest BCUT2D eigenvalue weighted by atomic mass is 16.5. The Hall–Kier alpha value is -1.02. The number of nitrogens with zero attached hydrogens (tertiary/aromatic N) is 1. The molecule has 0 aromatic heterocycles. The predicted octanol–water partition coefficient (Wildman–Crippen LogP) is 2.63. The lowest BCUT2D eigenvalue weighted by atomic mass is 9.76. The van der Waals surface area contributed by atoms with Gasteiger partial charge in [0.05, 0.1) is 7.11 Å². The zero-order valence-electron chi connectivity index (χ0n) is 10.1. The molecule has 1 heterocycles. The topological polar surface area (TPSA) is 12.5 Å². The molecule has 2 bridgehead atoms. The number of benzene rings is 1. The summed E-state index contributed by atoms with van der Waals surface area (Å²) < 4.78 is 5.32. The van der Waals surface area contributed by atoms with Crippen LogP contribution in [0.2, 0.25) is 0 Å². The Morgan fingerprint density at radius 1 is 1.38 bits per heavy atom. The summed E-state index contributed by atoms with van der Waals surface area (Å²) in [5.74, 6) is 1.89. The van der Waals surface area contributed by atoms with Gasteiger partial charge >= 0.3 is 0 Å². The molecule has 1 aliphatic heterocycles. The molecule has 2 aliphatic rings. The van der Waals surface area contributed by atoms with Crippen LogP contribution in [0, 0.1) is 5.92 Å². The molecule has 2 nitrogen and oxygen atoms in total. The van der Waals surface area contributed by atoms with Gasteiger partial charge in [-0.2, -0.15) is 0 Å². The summed E-state index contributed by atoms with van der Waals surface area (Å²) in [4.78, 5) is 2.50. The highest BCUT2D eigenvalue weighted by Gasteiger charge is 2.33. The summed E-state index contributed by atoms with van der Waals surface area (Å²) in [5, 5.41) is 0. The van der Waals surface area contributed by atoms with Crippen molar-refractivity contribution < 1.29 is 4.74 Å². The Labute approximate surface area is 97.2 Å². The van der Waals surface area contributed by atoms with Crippen LogP contribution < -0.4 is 4.74 Å². The van der Waals surface area contributed by atoms with Crippen LogP contribution in [-0.4, -0.2) is 25.6 Å². The normalized spacial score (nSPS) is 28.6. The fraction of sp³-hybridized carbons (Fsp3) is 0.571. The second kappa shape index (κ2) is 3.77. The Bertz CT molecular complexity index is 402. The fourth-order valence-electron chi connectivity index (χ4n) is 3.23. The van der Waals surface area contributed by atoms with Crippen LogP contribution in [0.4, 0.5) is 0 Å². The van der Waals surface area contributed by atoms with Gasteiger partial charge in [0, 0.05) is 6.04 Å². The van der Waals surface area contributed by atoms with Gasteiger partial charge < -0.3 is 4.74 Å². The van der Waals surface area contributed by atoms with Gasteiger partial charge in [0.2, 0.25) is 0 Å². The average Bonchev–Trinajstić information content (AvgIpc) is 2.33. The number of fused-ring (bicyclic) bond motifs is 4. The summed E-state index contributed by atoms with van der Waals surface area (Å²) in [7, 11) is 4.00. The molecule has 1 aromatic rings. The lowest BCUT2D eigenvalue weighted by molar-refractivity contribution is 0.129. The van der Waals surface area contributed by atoms with Gasteiger partial charge in [0.25, 0.3) is 0 Å². The van der Waals surface area contributed by atoms with E-state index in [-0.39, 0.29) is 0 Å². The first-order chi connectivity index (χ1) is 7.78. The highest BCUT2D eigenvalue weighted by molar-refractivity contribution is 5.39. The number of ether oxygens (including phenoxy) is 1. The van der Waals surface area contributed by atoms with Gasteiger partial charge in [-0.1, -0.05) is 6.07 Å². The van der Waals surface area contributed by atoms with Crippen molar-refractivity contribution in [3.8, 4) is 5.75 Å². The van der Waals surface area contributed by atoms with Crippen molar-refractivity contribution in [2.24, 2.45) is 5.92 Å². The van der Waals surface area contributed by atoms with Gasteiger partial charge in [-0.05, 0) is 62.0 Å². The minimum Gasteiger partial charge on any atom is -0.497 e. The molecule has 86 valence electrons. The van der Waals surface area contributed by atoms with E-state index in [0.717, 1.165) is 11.7 Å². The molecule has 0 saturated carbocycles. The van der Waals surface area contributed by atoms with Crippen LogP contribution in [0.5, 0.6) is 5.75 Å². The standard InChI is InChI=1S/C14H19NO/c1-15-6-5-10-7-11-9-12(16-2)3-4-13(11)14(15)8-10/h3-4,9-10,14H,5-8H2,1-2H3. The second-order valence-corrected chi connectivity index (χ2v) is 5.16. The SMILES string of the molecule is COc1ccc2c(c1)CC1CCN(C)C2C1. The summed E-state index contributed by atoms with van der Waals surface area (Å²) in [6, 6.07) is 7.24. The summed E-state index contributed by atoms with van der Waals surface area (Å²) in [5.41, 5.74) is 3.03.